The topological polar surface area (TPSA) is 78.9 Å². The first-order valence-electron chi connectivity index (χ1n) is 31.9. The van der Waals surface area contributed by atoms with Gasteiger partial charge in [-0.1, -0.05) is 293 Å². The van der Waals surface area contributed by atoms with Crippen molar-refractivity contribution < 1.29 is 28.6 Å². The molecule has 0 spiro atoms. The number of esters is 3. The van der Waals surface area contributed by atoms with Crippen LogP contribution in [0, 0.1) is 0 Å². The summed E-state index contributed by atoms with van der Waals surface area (Å²) >= 11 is 0. The van der Waals surface area contributed by atoms with Gasteiger partial charge in [-0.2, -0.15) is 0 Å². The Hall–Kier alpha value is -3.15. The predicted octanol–water partition coefficient (Wildman–Crippen LogP) is 21.7. The molecule has 0 aromatic heterocycles. The quantitative estimate of drug-likeness (QED) is 0.0261. The number of unbranched alkanes of at least 4 members (excludes halogenated alkanes) is 35. The van der Waals surface area contributed by atoms with Crippen LogP contribution in [0.2, 0.25) is 0 Å². The van der Waals surface area contributed by atoms with Gasteiger partial charge in [0, 0.05) is 19.3 Å². The molecule has 0 fully saturated rings. The fourth-order valence-corrected chi connectivity index (χ4v) is 9.18. The minimum Gasteiger partial charge on any atom is -0.462 e. The second kappa shape index (κ2) is 62.4. The van der Waals surface area contributed by atoms with Crippen molar-refractivity contribution >= 4 is 17.9 Å². The summed E-state index contributed by atoms with van der Waals surface area (Å²) in [5.41, 5.74) is 0. The van der Waals surface area contributed by atoms with E-state index in [1.807, 2.05) is 0 Å². The molecule has 0 radical (unpaired) electrons. The van der Waals surface area contributed by atoms with Gasteiger partial charge >= 0.3 is 17.9 Å². The Morgan fingerprint density at radius 2 is 0.541 bits per heavy atom. The molecule has 0 heterocycles. The minimum absolute atomic E-state index is 0.0947. The maximum Gasteiger partial charge on any atom is 0.306 e. The summed E-state index contributed by atoms with van der Waals surface area (Å²) in [5, 5.41) is 0. The summed E-state index contributed by atoms with van der Waals surface area (Å²) in [7, 11) is 0. The van der Waals surface area contributed by atoms with Gasteiger partial charge in [0.25, 0.3) is 0 Å². The van der Waals surface area contributed by atoms with E-state index in [4.69, 9.17) is 14.2 Å². The zero-order chi connectivity index (χ0) is 53.6. The molecule has 6 heteroatoms. The molecular weight excluding hydrogens is 913 g/mol. The van der Waals surface area contributed by atoms with E-state index in [9.17, 15) is 14.4 Å². The second-order valence-corrected chi connectivity index (χ2v) is 21.3. The molecule has 6 nitrogen and oxygen atoms in total. The molecule has 0 N–H and O–H groups in total. The molecule has 1 unspecified atom stereocenters. The highest BCUT2D eigenvalue weighted by atomic mass is 16.6. The van der Waals surface area contributed by atoms with Gasteiger partial charge in [0.15, 0.2) is 6.10 Å². The lowest BCUT2D eigenvalue weighted by Crippen LogP contribution is -2.30. The monoisotopic (exact) mass is 1030 g/mol. The molecule has 74 heavy (non-hydrogen) atoms. The van der Waals surface area contributed by atoms with Crippen molar-refractivity contribution in [3.05, 3.63) is 72.9 Å². The molecule has 0 saturated heterocycles. The van der Waals surface area contributed by atoms with Gasteiger partial charge < -0.3 is 14.2 Å². The highest BCUT2D eigenvalue weighted by Gasteiger charge is 2.19. The molecule has 428 valence electrons. The van der Waals surface area contributed by atoms with Crippen LogP contribution in [0.1, 0.15) is 323 Å². The number of carbonyl (C=O) groups is 3. The largest absolute Gasteiger partial charge is 0.462 e. The van der Waals surface area contributed by atoms with Crippen molar-refractivity contribution in [1.29, 1.82) is 0 Å². The molecular formula is C68H120O6. The van der Waals surface area contributed by atoms with Crippen LogP contribution in [0.5, 0.6) is 0 Å². The van der Waals surface area contributed by atoms with E-state index in [0.717, 1.165) is 77.0 Å². The molecule has 0 amide bonds. The van der Waals surface area contributed by atoms with Crippen molar-refractivity contribution in [3.8, 4) is 0 Å². The SMILES string of the molecule is CC/C=C\C/C=C\C/C=C\C/C=C\C/C=C\CCCC(=O)OC(COC(=O)CCCCCCCCCCCCCCCC)COC(=O)CCCCCCCCCCCCCCC/C=C\CCCCCCCCCC. The lowest BCUT2D eigenvalue weighted by molar-refractivity contribution is -0.167. The van der Waals surface area contributed by atoms with Crippen molar-refractivity contribution in [3.63, 3.8) is 0 Å². The van der Waals surface area contributed by atoms with Crippen LogP contribution in [-0.4, -0.2) is 37.2 Å². The Morgan fingerprint density at radius 1 is 0.284 bits per heavy atom. The van der Waals surface area contributed by atoms with Gasteiger partial charge in [-0.05, 0) is 83.5 Å². The van der Waals surface area contributed by atoms with Gasteiger partial charge in [-0.25, -0.2) is 0 Å². The van der Waals surface area contributed by atoms with Crippen LogP contribution in [0.4, 0.5) is 0 Å². The first-order valence-corrected chi connectivity index (χ1v) is 31.9. The van der Waals surface area contributed by atoms with Crippen LogP contribution < -0.4 is 0 Å². The fourth-order valence-electron chi connectivity index (χ4n) is 9.18. The van der Waals surface area contributed by atoms with E-state index < -0.39 is 6.10 Å². The molecule has 0 rings (SSSR count). The molecule has 0 aliphatic carbocycles. The first-order chi connectivity index (χ1) is 36.5. The second-order valence-electron chi connectivity index (χ2n) is 21.3. The number of rotatable bonds is 58. The molecule has 0 aromatic carbocycles. The van der Waals surface area contributed by atoms with E-state index in [2.05, 4.69) is 93.7 Å². The van der Waals surface area contributed by atoms with Gasteiger partial charge in [0.2, 0.25) is 0 Å². The van der Waals surface area contributed by atoms with Crippen molar-refractivity contribution in [2.75, 3.05) is 13.2 Å². The van der Waals surface area contributed by atoms with Crippen LogP contribution in [0.15, 0.2) is 72.9 Å². The Morgan fingerprint density at radius 3 is 0.878 bits per heavy atom. The van der Waals surface area contributed by atoms with Crippen LogP contribution in [0.3, 0.4) is 0 Å². The van der Waals surface area contributed by atoms with Gasteiger partial charge in [-0.3, -0.25) is 14.4 Å². The molecule has 0 aromatic rings. The van der Waals surface area contributed by atoms with E-state index >= 15 is 0 Å². The smallest absolute Gasteiger partial charge is 0.306 e. The Kier molecular flexibility index (Phi) is 59.7. The Balaban J connectivity index is 4.33. The van der Waals surface area contributed by atoms with E-state index in [1.54, 1.807) is 0 Å². The summed E-state index contributed by atoms with van der Waals surface area (Å²) in [6.07, 6.45) is 80.6. The normalized spacial score (nSPS) is 12.5. The summed E-state index contributed by atoms with van der Waals surface area (Å²) in [6, 6.07) is 0. The summed E-state index contributed by atoms with van der Waals surface area (Å²) < 4.78 is 16.9. The predicted molar refractivity (Wildman–Crippen MR) is 321 cm³/mol. The third-order valence-electron chi connectivity index (χ3n) is 13.9. The molecule has 0 aliphatic rings. The average Bonchev–Trinajstić information content (AvgIpc) is 3.40. The third-order valence-corrected chi connectivity index (χ3v) is 13.9. The summed E-state index contributed by atoms with van der Waals surface area (Å²) in [6.45, 7) is 6.52. The molecule has 0 bridgehead atoms. The minimum atomic E-state index is -0.804. The van der Waals surface area contributed by atoms with Crippen molar-refractivity contribution in [2.24, 2.45) is 0 Å². The molecule has 1 atom stereocenters. The number of hydrogen-bond acceptors (Lipinski definition) is 6. The number of carbonyl (C=O) groups excluding carboxylic acids is 3. The zero-order valence-electron chi connectivity index (χ0n) is 49.1. The summed E-state index contributed by atoms with van der Waals surface area (Å²) in [5.74, 6) is -0.939. The highest BCUT2D eigenvalue weighted by Crippen LogP contribution is 2.17. The van der Waals surface area contributed by atoms with Crippen LogP contribution >= 0.6 is 0 Å². The van der Waals surface area contributed by atoms with E-state index in [1.165, 1.54) is 199 Å². The number of hydrogen-bond donors (Lipinski definition) is 0. The first kappa shape index (κ1) is 70.8. The zero-order valence-corrected chi connectivity index (χ0v) is 49.1. The summed E-state index contributed by atoms with van der Waals surface area (Å²) in [4.78, 5) is 38.2. The maximum atomic E-state index is 12.9. The van der Waals surface area contributed by atoms with E-state index in [-0.39, 0.29) is 37.5 Å². The number of allylic oxidation sites excluding steroid dienone is 12. The van der Waals surface area contributed by atoms with Gasteiger partial charge in [-0.15, -0.1) is 0 Å². The lowest BCUT2D eigenvalue weighted by atomic mass is 10.0. The lowest BCUT2D eigenvalue weighted by Gasteiger charge is -2.18. The van der Waals surface area contributed by atoms with Crippen molar-refractivity contribution in [1.82, 2.24) is 0 Å². The molecule has 0 saturated carbocycles. The Bertz CT molecular complexity index is 1370. The van der Waals surface area contributed by atoms with Crippen LogP contribution in [-0.2, 0) is 28.6 Å². The van der Waals surface area contributed by atoms with Crippen LogP contribution in [0.25, 0.3) is 0 Å². The van der Waals surface area contributed by atoms with Crippen molar-refractivity contribution in [2.45, 2.75) is 329 Å². The molecule has 0 aliphatic heterocycles. The number of ether oxygens (including phenoxy) is 3. The highest BCUT2D eigenvalue weighted by molar-refractivity contribution is 5.71. The fraction of sp³-hybridized carbons (Fsp3) is 0.779. The maximum absolute atomic E-state index is 12.9. The Labute approximate surface area is 459 Å². The van der Waals surface area contributed by atoms with Gasteiger partial charge in [0.05, 0.1) is 0 Å². The van der Waals surface area contributed by atoms with E-state index in [0.29, 0.717) is 19.3 Å². The average molecular weight is 1030 g/mol. The standard InChI is InChI=1S/C68H120O6/c1-4-7-10-13-16-19-22-25-28-30-31-32-33-34-35-36-37-39-40-43-46-49-52-55-58-61-67(70)73-64-65(63-72-66(69)60-57-54-51-48-45-42-27-24-21-18-15-12-9-6-3)74-68(71)62-59-56-53-50-47-44-41-38-29-26-23-20-17-14-11-8-5-2/h8,11,17,20,26,29-31,41,44,50,53,65H,4-7,9-10,12-16,18-19,21-25,27-28,32-40,42-43,45-49,51-52,54-64H2,1-3H3/b11-8-,20-17-,29-26-,31-30-,44-41-,53-50-. The third kappa shape index (κ3) is 59.7. The van der Waals surface area contributed by atoms with Gasteiger partial charge in [0.1, 0.15) is 13.2 Å².